The summed E-state index contributed by atoms with van der Waals surface area (Å²) in [5.41, 5.74) is 7.57. The summed E-state index contributed by atoms with van der Waals surface area (Å²) >= 11 is 0. The van der Waals surface area contributed by atoms with Gasteiger partial charge in [-0.2, -0.15) is 0 Å². The lowest BCUT2D eigenvalue weighted by molar-refractivity contribution is -0.123. The van der Waals surface area contributed by atoms with Crippen molar-refractivity contribution in [1.82, 2.24) is 10.2 Å². The van der Waals surface area contributed by atoms with Gasteiger partial charge in [0.15, 0.2) is 0 Å². The highest BCUT2D eigenvalue weighted by molar-refractivity contribution is 5.78. The summed E-state index contributed by atoms with van der Waals surface area (Å²) in [6.07, 6.45) is 0.829. The standard InChI is InChI=1S/C14H21N3O2/c15-13-3-1-12(2-4-13)5-6-16-14(18)11-17-7-9-19-10-8-17/h1-4H,5-11,15H2,(H,16,18). The number of rotatable bonds is 5. The molecule has 1 fully saturated rings. The number of nitrogens with one attached hydrogen (secondary N) is 1. The molecule has 0 radical (unpaired) electrons. The van der Waals surface area contributed by atoms with Crippen LogP contribution in [0.2, 0.25) is 0 Å². The molecule has 104 valence electrons. The summed E-state index contributed by atoms with van der Waals surface area (Å²) in [5, 5.41) is 2.94. The van der Waals surface area contributed by atoms with Gasteiger partial charge in [-0.3, -0.25) is 9.69 Å². The maximum atomic E-state index is 11.7. The van der Waals surface area contributed by atoms with Crippen LogP contribution in [0.3, 0.4) is 0 Å². The average Bonchev–Trinajstić information content (AvgIpc) is 2.42. The Morgan fingerprint density at radius 1 is 1.26 bits per heavy atom. The van der Waals surface area contributed by atoms with Gasteiger partial charge >= 0.3 is 0 Å². The van der Waals surface area contributed by atoms with Crippen molar-refractivity contribution in [2.75, 3.05) is 45.1 Å². The van der Waals surface area contributed by atoms with Crippen LogP contribution in [0.25, 0.3) is 0 Å². The molecule has 0 unspecified atom stereocenters. The number of ether oxygens (including phenoxy) is 1. The summed E-state index contributed by atoms with van der Waals surface area (Å²) in [4.78, 5) is 13.9. The molecular weight excluding hydrogens is 242 g/mol. The van der Waals surface area contributed by atoms with Crippen LogP contribution >= 0.6 is 0 Å². The van der Waals surface area contributed by atoms with Crippen molar-refractivity contribution >= 4 is 11.6 Å². The highest BCUT2D eigenvalue weighted by Crippen LogP contribution is 2.05. The van der Waals surface area contributed by atoms with Gasteiger partial charge in [-0.25, -0.2) is 0 Å². The zero-order valence-electron chi connectivity index (χ0n) is 11.1. The monoisotopic (exact) mass is 263 g/mol. The number of nitrogen functional groups attached to an aromatic ring is 1. The lowest BCUT2D eigenvalue weighted by atomic mass is 10.1. The van der Waals surface area contributed by atoms with Crippen molar-refractivity contribution in [1.29, 1.82) is 0 Å². The van der Waals surface area contributed by atoms with E-state index in [1.807, 2.05) is 24.3 Å². The van der Waals surface area contributed by atoms with Crippen LogP contribution in [0.15, 0.2) is 24.3 Å². The zero-order valence-corrected chi connectivity index (χ0v) is 11.1. The van der Waals surface area contributed by atoms with Gasteiger partial charge in [-0.1, -0.05) is 12.1 Å². The van der Waals surface area contributed by atoms with Gasteiger partial charge in [-0.15, -0.1) is 0 Å². The van der Waals surface area contributed by atoms with E-state index >= 15 is 0 Å². The third-order valence-corrected chi connectivity index (χ3v) is 3.19. The number of hydrogen-bond donors (Lipinski definition) is 2. The molecule has 0 bridgehead atoms. The van der Waals surface area contributed by atoms with Gasteiger partial charge in [0.1, 0.15) is 0 Å². The van der Waals surface area contributed by atoms with Gasteiger partial charge < -0.3 is 15.8 Å². The number of nitrogens with two attached hydrogens (primary N) is 1. The lowest BCUT2D eigenvalue weighted by Crippen LogP contribution is -2.43. The Morgan fingerprint density at radius 3 is 2.63 bits per heavy atom. The van der Waals surface area contributed by atoms with Crippen molar-refractivity contribution in [3.8, 4) is 0 Å². The summed E-state index contributed by atoms with van der Waals surface area (Å²) in [6.45, 7) is 4.24. The molecular formula is C14H21N3O2. The molecule has 1 aliphatic heterocycles. The van der Waals surface area contributed by atoms with Crippen LogP contribution in [0.4, 0.5) is 5.69 Å². The fourth-order valence-corrected chi connectivity index (χ4v) is 2.05. The third kappa shape index (κ3) is 4.89. The normalized spacial score (nSPS) is 16.2. The number of anilines is 1. The molecule has 1 aliphatic rings. The molecule has 0 saturated carbocycles. The molecule has 0 aliphatic carbocycles. The molecule has 2 rings (SSSR count). The average molecular weight is 263 g/mol. The quantitative estimate of drug-likeness (QED) is 0.748. The summed E-state index contributed by atoms with van der Waals surface area (Å²) in [7, 11) is 0. The maximum Gasteiger partial charge on any atom is 0.234 e. The predicted molar refractivity (Wildman–Crippen MR) is 74.8 cm³/mol. The maximum absolute atomic E-state index is 11.7. The fourth-order valence-electron chi connectivity index (χ4n) is 2.05. The minimum atomic E-state index is 0.0809. The van der Waals surface area contributed by atoms with E-state index in [9.17, 15) is 4.79 Å². The Kier molecular flexibility index (Phi) is 5.18. The van der Waals surface area contributed by atoms with E-state index in [0.29, 0.717) is 13.1 Å². The second-order valence-electron chi connectivity index (χ2n) is 4.73. The van der Waals surface area contributed by atoms with E-state index in [-0.39, 0.29) is 5.91 Å². The van der Waals surface area contributed by atoms with Gasteiger partial charge in [0.05, 0.1) is 19.8 Å². The zero-order chi connectivity index (χ0) is 13.5. The number of benzene rings is 1. The Morgan fingerprint density at radius 2 is 1.95 bits per heavy atom. The van der Waals surface area contributed by atoms with Gasteiger partial charge in [0.2, 0.25) is 5.91 Å². The molecule has 1 aromatic rings. The van der Waals surface area contributed by atoms with Crippen molar-refractivity contribution in [3.63, 3.8) is 0 Å². The van der Waals surface area contributed by atoms with E-state index < -0.39 is 0 Å². The number of hydrogen-bond acceptors (Lipinski definition) is 4. The van der Waals surface area contributed by atoms with Gasteiger partial charge in [0, 0.05) is 25.3 Å². The third-order valence-electron chi connectivity index (χ3n) is 3.19. The highest BCUT2D eigenvalue weighted by Gasteiger charge is 2.13. The van der Waals surface area contributed by atoms with Crippen molar-refractivity contribution in [2.45, 2.75) is 6.42 Å². The molecule has 0 spiro atoms. The van der Waals surface area contributed by atoms with E-state index in [2.05, 4.69) is 10.2 Å². The summed E-state index contributed by atoms with van der Waals surface area (Å²) in [6, 6.07) is 7.74. The number of carbonyl (C=O) groups excluding carboxylic acids is 1. The Labute approximate surface area is 113 Å². The van der Waals surface area contributed by atoms with Crippen LogP contribution in [0, 0.1) is 0 Å². The minimum absolute atomic E-state index is 0.0809. The van der Waals surface area contributed by atoms with Crippen LogP contribution in [-0.4, -0.2) is 50.2 Å². The molecule has 1 aromatic carbocycles. The second-order valence-corrected chi connectivity index (χ2v) is 4.73. The molecule has 3 N–H and O–H groups in total. The number of nitrogens with zero attached hydrogens (tertiary/aromatic N) is 1. The smallest absolute Gasteiger partial charge is 0.234 e. The number of carbonyl (C=O) groups is 1. The highest BCUT2D eigenvalue weighted by atomic mass is 16.5. The molecule has 5 nitrogen and oxygen atoms in total. The summed E-state index contributed by atoms with van der Waals surface area (Å²) < 4.78 is 5.25. The first kappa shape index (κ1) is 13.8. The molecule has 5 heteroatoms. The molecule has 0 atom stereocenters. The molecule has 1 heterocycles. The topological polar surface area (TPSA) is 67.6 Å². The Hall–Kier alpha value is -1.59. The van der Waals surface area contributed by atoms with Crippen LogP contribution in [0.1, 0.15) is 5.56 Å². The van der Waals surface area contributed by atoms with E-state index in [1.54, 1.807) is 0 Å². The molecule has 0 aromatic heterocycles. The first-order valence-corrected chi connectivity index (χ1v) is 6.65. The van der Waals surface area contributed by atoms with Crippen molar-refractivity contribution < 1.29 is 9.53 Å². The SMILES string of the molecule is Nc1ccc(CCNC(=O)CN2CCOCC2)cc1. The van der Waals surface area contributed by atoms with Crippen LogP contribution in [-0.2, 0) is 16.0 Å². The van der Waals surface area contributed by atoms with E-state index in [0.717, 1.165) is 38.4 Å². The Bertz CT molecular complexity index is 400. The second kappa shape index (κ2) is 7.11. The first-order valence-electron chi connectivity index (χ1n) is 6.65. The lowest BCUT2D eigenvalue weighted by Gasteiger charge is -2.25. The number of amides is 1. The first-order chi connectivity index (χ1) is 9.24. The van der Waals surface area contributed by atoms with Crippen LogP contribution in [0.5, 0.6) is 0 Å². The number of morpholine rings is 1. The van der Waals surface area contributed by atoms with Crippen molar-refractivity contribution in [3.05, 3.63) is 29.8 Å². The van der Waals surface area contributed by atoms with Gasteiger partial charge in [-0.05, 0) is 24.1 Å². The molecule has 1 amide bonds. The predicted octanol–water partition coefficient (Wildman–Crippen LogP) is 0.260. The Balaban J connectivity index is 1.64. The molecule has 1 saturated heterocycles. The van der Waals surface area contributed by atoms with Crippen LogP contribution < -0.4 is 11.1 Å². The minimum Gasteiger partial charge on any atom is -0.399 e. The largest absolute Gasteiger partial charge is 0.399 e. The summed E-state index contributed by atoms with van der Waals surface area (Å²) in [5.74, 6) is 0.0809. The van der Waals surface area contributed by atoms with Crippen molar-refractivity contribution in [2.24, 2.45) is 0 Å². The van der Waals surface area contributed by atoms with E-state index in [1.165, 1.54) is 5.56 Å². The fraction of sp³-hybridized carbons (Fsp3) is 0.500. The van der Waals surface area contributed by atoms with Gasteiger partial charge in [0.25, 0.3) is 0 Å². The molecule has 19 heavy (non-hydrogen) atoms. The van der Waals surface area contributed by atoms with E-state index in [4.69, 9.17) is 10.5 Å².